The van der Waals surface area contributed by atoms with Crippen molar-refractivity contribution in [2.75, 3.05) is 6.54 Å². The molecule has 2 aliphatic rings. The fraction of sp³-hybridized carbons (Fsp3) is 0.647. The molecule has 1 unspecified atom stereocenters. The lowest BCUT2D eigenvalue weighted by molar-refractivity contribution is 0.254. The number of halogens is 1. The highest BCUT2D eigenvalue weighted by atomic mass is 19.1. The molecular formula is C17H24FN. The normalized spacial score (nSPS) is 22.3. The number of benzene rings is 1. The standard InChI is InChI=1S/C17H24FN/c1-12-9-15(18)6-3-13(12)10-17(2,14-4-5-14)11-19-16-7-8-16/h3,6,9,14,16,19H,4-5,7-8,10-11H2,1-2H3. The van der Waals surface area contributed by atoms with Crippen LogP contribution in [0.1, 0.15) is 43.7 Å². The van der Waals surface area contributed by atoms with Crippen molar-refractivity contribution in [3.63, 3.8) is 0 Å². The first-order valence-corrected chi connectivity index (χ1v) is 7.55. The van der Waals surface area contributed by atoms with E-state index < -0.39 is 0 Å². The summed E-state index contributed by atoms with van der Waals surface area (Å²) in [4.78, 5) is 0. The Morgan fingerprint density at radius 3 is 2.58 bits per heavy atom. The molecule has 0 radical (unpaired) electrons. The topological polar surface area (TPSA) is 12.0 Å². The number of nitrogens with one attached hydrogen (secondary N) is 1. The van der Waals surface area contributed by atoms with E-state index in [-0.39, 0.29) is 5.82 Å². The van der Waals surface area contributed by atoms with Gasteiger partial charge in [-0.2, -0.15) is 0 Å². The first kappa shape index (κ1) is 13.1. The second kappa shape index (κ2) is 4.90. The molecule has 2 heteroatoms. The van der Waals surface area contributed by atoms with Crippen LogP contribution >= 0.6 is 0 Å². The Morgan fingerprint density at radius 1 is 1.26 bits per heavy atom. The van der Waals surface area contributed by atoms with Crippen LogP contribution in [0.3, 0.4) is 0 Å². The summed E-state index contributed by atoms with van der Waals surface area (Å²) < 4.78 is 13.2. The lowest BCUT2D eigenvalue weighted by Gasteiger charge is -2.31. The van der Waals surface area contributed by atoms with Crippen LogP contribution in [0.5, 0.6) is 0 Å². The van der Waals surface area contributed by atoms with E-state index in [0.29, 0.717) is 5.41 Å². The van der Waals surface area contributed by atoms with Crippen LogP contribution in [0.25, 0.3) is 0 Å². The van der Waals surface area contributed by atoms with Gasteiger partial charge in [0.1, 0.15) is 5.82 Å². The van der Waals surface area contributed by atoms with Crippen LogP contribution in [-0.4, -0.2) is 12.6 Å². The van der Waals surface area contributed by atoms with E-state index in [1.807, 2.05) is 13.0 Å². The minimum Gasteiger partial charge on any atom is -0.313 e. The average Bonchev–Trinajstić information content (AvgIpc) is 3.24. The summed E-state index contributed by atoms with van der Waals surface area (Å²) in [5.41, 5.74) is 2.75. The fourth-order valence-electron chi connectivity index (χ4n) is 3.09. The van der Waals surface area contributed by atoms with Crippen LogP contribution in [0.15, 0.2) is 18.2 Å². The highest BCUT2D eigenvalue weighted by molar-refractivity contribution is 5.28. The van der Waals surface area contributed by atoms with E-state index in [9.17, 15) is 4.39 Å². The molecule has 0 heterocycles. The van der Waals surface area contributed by atoms with Gasteiger partial charge in [0.15, 0.2) is 0 Å². The van der Waals surface area contributed by atoms with E-state index in [4.69, 9.17) is 0 Å². The molecule has 1 atom stereocenters. The largest absolute Gasteiger partial charge is 0.313 e. The molecule has 0 spiro atoms. The SMILES string of the molecule is Cc1cc(F)ccc1CC(C)(CNC1CC1)C1CC1. The quantitative estimate of drug-likeness (QED) is 0.820. The molecule has 0 bridgehead atoms. The average molecular weight is 261 g/mol. The molecule has 1 nitrogen and oxygen atoms in total. The Bertz CT molecular complexity index is 462. The maximum Gasteiger partial charge on any atom is 0.123 e. The predicted octanol–water partition coefficient (Wildman–Crippen LogP) is 3.84. The monoisotopic (exact) mass is 261 g/mol. The van der Waals surface area contributed by atoms with Gasteiger partial charge >= 0.3 is 0 Å². The van der Waals surface area contributed by atoms with Gasteiger partial charge in [-0.3, -0.25) is 0 Å². The van der Waals surface area contributed by atoms with Crippen molar-refractivity contribution < 1.29 is 4.39 Å². The third-order valence-electron chi connectivity index (χ3n) is 4.83. The van der Waals surface area contributed by atoms with Gasteiger partial charge in [0, 0.05) is 12.6 Å². The molecule has 2 fully saturated rings. The van der Waals surface area contributed by atoms with Crippen molar-refractivity contribution in [2.24, 2.45) is 11.3 Å². The summed E-state index contributed by atoms with van der Waals surface area (Å²) in [6, 6.07) is 6.01. The van der Waals surface area contributed by atoms with E-state index in [1.54, 1.807) is 12.1 Å². The van der Waals surface area contributed by atoms with Gasteiger partial charge in [-0.15, -0.1) is 0 Å². The van der Waals surface area contributed by atoms with Gasteiger partial charge in [-0.05, 0) is 73.6 Å². The summed E-state index contributed by atoms with van der Waals surface area (Å²) in [7, 11) is 0. The number of rotatable bonds is 6. The lowest BCUT2D eigenvalue weighted by atomic mass is 9.78. The first-order chi connectivity index (χ1) is 9.07. The predicted molar refractivity (Wildman–Crippen MR) is 76.7 cm³/mol. The Balaban J connectivity index is 1.72. The maximum absolute atomic E-state index is 13.2. The van der Waals surface area contributed by atoms with Crippen LogP contribution in [0, 0.1) is 24.1 Å². The van der Waals surface area contributed by atoms with Crippen LogP contribution < -0.4 is 5.32 Å². The van der Waals surface area contributed by atoms with Gasteiger partial charge in [0.05, 0.1) is 0 Å². The second-order valence-electron chi connectivity index (χ2n) is 6.83. The lowest BCUT2D eigenvalue weighted by Crippen LogP contribution is -2.36. The minimum absolute atomic E-state index is 0.120. The zero-order chi connectivity index (χ0) is 13.5. The molecule has 1 aromatic carbocycles. The van der Waals surface area contributed by atoms with Crippen LogP contribution in [-0.2, 0) is 6.42 Å². The molecule has 1 N–H and O–H groups in total. The van der Waals surface area contributed by atoms with Gasteiger partial charge in [-0.1, -0.05) is 13.0 Å². The molecular weight excluding hydrogens is 237 g/mol. The van der Waals surface area contributed by atoms with Crippen molar-refractivity contribution >= 4 is 0 Å². The Hall–Kier alpha value is -0.890. The highest BCUT2D eigenvalue weighted by Crippen LogP contribution is 2.47. The molecule has 0 amide bonds. The number of aryl methyl sites for hydroxylation is 1. The van der Waals surface area contributed by atoms with Gasteiger partial charge < -0.3 is 5.32 Å². The van der Waals surface area contributed by atoms with Gasteiger partial charge in [-0.25, -0.2) is 4.39 Å². The van der Waals surface area contributed by atoms with E-state index in [1.165, 1.54) is 31.2 Å². The zero-order valence-corrected chi connectivity index (χ0v) is 12.0. The maximum atomic E-state index is 13.2. The van der Waals surface area contributed by atoms with Gasteiger partial charge in [0.2, 0.25) is 0 Å². The van der Waals surface area contributed by atoms with E-state index in [0.717, 1.165) is 30.5 Å². The molecule has 0 saturated heterocycles. The van der Waals surface area contributed by atoms with E-state index >= 15 is 0 Å². The summed E-state index contributed by atoms with van der Waals surface area (Å²) in [6.45, 7) is 5.54. The van der Waals surface area contributed by atoms with Crippen molar-refractivity contribution in [3.05, 3.63) is 35.1 Å². The molecule has 0 aromatic heterocycles. The van der Waals surface area contributed by atoms with Crippen molar-refractivity contribution in [1.29, 1.82) is 0 Å². The number of hydrogen-bond donors (Lipinski definition) is 1. The van der Waals surface area contributed by atoms with Crippen molar-refractivity contribution in [2.45, 2.75) is 52.0 Å². The Kier molecular flexibility index (Phi) is 3.38. The number of hydrogen-bond acceptors (Lipinski definition) is 1. The Morgan fingerprint density at radius 2 is 2.00 bits per heavy atom. The van der Waals surface area contributed by atoms with Gasteiger partial charge in [0.25, 0.3) is 0 Å². The third-order valence-corrected chi connectivity index (χ3v) is 4.83. The van der Waals surface area contributed by atoms with E-state index in [2.05, 4.69) is 12.2 Å². The summed E-state index contributed by atoms with van der Waals surface area (Å²) in [6.07, 6.45) is 6.49. The summed E-state index contributed by atoms with van der Waals surface area (Å²) in [5, 5.41) is 3.70. The molecule has 0 aliphatic heterocycles. The zero-order valence-electron chi connectivity index (χ0n) is 12.0. The summed E-state index contributed by atoms with van der Waals surface area (Å²) in [5.74, 6) is 0.730. The molecule has 2 aliphatic carbocycles. The minimum atomic E-state index is -0.120. The first-order valence-electron chi connectivity index (χ1n) is 7.55. The fourth-order valence-corrected chi connectivity index (χ4v) is 3.09. The second-order valence-corrected chi connectivity index (χ2v) is 6.83. The molecule has 19 heavy (non-hydrogen) atoms. The third kappa shape index (κ3) is 3.17. The van der Waals surface area contributed by atoms with Crippen molar-refractivity contribution in [1.82, 2.24) is 5.32 Å². The van der Waals surface area contributed by atoms with Crippen LogP contribution in [0.4, 0.5) is 4.39 Å². The molecule has 3 rings (SSSR count). The Labute approximate surface area is 115 Å². The summed E-state index contributed by atoms with van der Waals surface area (Å²) >= 11 is 0. The highest BCUT2D eigenvalue weighted by Gasteiger charge is 2.42. The smallest absolute Gasteiger partial charge is 0.123 e. The molecule has 1 aromatic rings. The molecule has 2 saturated carbocycles. The van der Waals surface area contributed by atoms with Crippen molar-refractivity contribution in [3.8, 4) is 0 Å². The molecule has 104 valence electrons. The van der Waals surface area contributed by atoms with Crippen LogP contribution in [0.2, 0.25) is 0 Å².